The number of carbonyl (C=O) groups is 1. The molecule has 0 atom stereocenters. The summed E-state index contributed by atoms with van der Waals surface area (Å²) in [6.07, 6.45) is -0.0373. The van der Waals surface area contributed by atoms with Gasteiger partial charge in [0, 0.05) is 12.6 Å². The van der Waals surface area contributed by atoms with Crippen molar-refractivity contribution >= 4 is 5.97 Å². The molecule has 1 aromatic heterocycles. The molecule has 0 aliphatic carbocycles. The van der Waals surface area contributed by atoms with Gasteiger partial charge in [0.2, 0.25) is 5.95 Å². The molecule has 0 bridgehead atoms. The van der Waals surface area contributed by atoms with Crippen molar-refractivity contribution < 1.29 is 23.1 Å². The molecule has 1 aromatic rings. The number of carboxylic acids is 1. The van der Waals surface area contributed by atoms with Crippen LogP contribution in [-0.2, 0) is 11.2 Å². The molecule has 0 amide bonds. The third-order valence-corrected chi connectivity index (χ3v) is 1.53. The van der Waals surface area contributed by atoms with E-state index in [9.17, 15) is 18.0 Å². The van der Waals surface area contributed by atoms with Gasteiger partial charge in [-0.15, -0.1) is 0 Å². The predicted molar refractivity (Wildman–Crippen MR) is 40.5 cm³/mol. The number of nitrogens with zero attached hydrogens (tertiary/aromatic N) is 1. The first-order chi connectivity index (χ1) is 6.42. The highest BCUT2D eigenvalue weighted by molar-refractivity contribution is 5.75. The van der Waals surface area contributed by atoms with Crippen LogP contribution in [0.15, 0.2) is 18.3 Å². The highest BCUT2D eigenvalue weighted by Gasteiger charge is 2.38. The van der Waals surface area contributed by atoms with Crippen molar-refractivity contribution in [2.75, 3.05) is 0 Å². The lowest BCUT2D eigenvalue weighted by Crippen LogP contribution is -2.30. The zero-order valence-corrected chi connectivity index (χ0v) is 6.88. The number of hydrogen-bond acceptors (Lipinski definition) is 2. The highest BCUT2D eigenvalue weighted by Crippen LogP contribution is 2.20. The summed E-state index contributed by atoms with van der Waals surface area (Å²) in [6, 6.07) is 1.91. The smallest absolute Gasteiger partial charge is 0.374 e. The average molecular weight is 205 g/mol. The molecule has 3 nitrogen and oxygen atoms in total. The maximum Gasteiger partial charge on any atom is 0.374 e. The van der Waals surface area contributed by atoms with Crippen LogP contribution in [0, 0.1) is 5.95 Å². The summed E-state index contributed by atoms with van der Waals surface area (Å²) in [7, 11) is 0. The maximum atomic E-state index is 12.6. The number of carboxylic acid groups (broad SMARTS) is 1. The first-order valence-electron chi connectivity index (χ1n) is 3.63. The first-order valence-corrected chi connectivity index (χ1v) is 3.63. The Balaban J connectivity index is 2.83. The van der Waals surface area contributed by atoms with E-state index in [1.54, 1.807) is 0 Å². The Kier molecular flexibility index (Phi) is 2.73. The van der Waals surface area contributed by atoms with Gasteiger partial charge in [-0.2, -0.15) is 13.2 Å². The SMILES string of the molecule is O=C(O)C(F)(F)Cc1ccnc(F)c1. The van der Waals surface area contributed by atoms with E-state index >= 15 is 0 Å². The van der Waals surface area contributed by atoms with E-state index in [0.717, 1.165) is 18.3 Å². The zero-order chi connectivity index (χ0) is 10.8. The molecule has 6 heteroatoms. The molecule has 0 unspecified atom stereocenters. The molecule has 0 aliphatic heterocycles. The second kappa shape index (κ2) is 3.65. The van der Waals surface area contributed by atoms with Crippen LogP contribution in [-0.4, -0.2) is 22.0 Å². The van der Waals surface area contributed by atoms with Crippen LogP contribution in [0.5, 0.6) is 0 Å². The van der Waals surface area contributed by atoms with E-state index in [2.05, 4.69) is 4.98 Å². The lowest BCUT2D eigenvalue weighted by Gasteiger charge is -2.10. The van der Waals surface area contributed by atoms with Gasteiger partial charge in [-0.25, -0.2) is 9.78 Å². The summed E-state index contributed by atoms with van der Waals surface area (Å²) in [5, 5.41) is 8.11. The van der Waals surface area contributed by atoms with Crippen molar-refractivity contribution in [1.29, 1.82) is 0 Å². The van der Waals surface area contributed by atoms with Gasteiger partial charge in [-0.3, -0.25) is 0 Å². The van der Waals surface area contributed by atoms with Crippen molar-refractivity contribution in [2.45, 2.75) is 12.3 Å². The van der Waals surface area contributed by atoms with Crippen LogP contribution in [0.2, 0.25) is 0 Å². The standard InChI is InChI=1S/C8H6F3NO2/c9-6-3-5(1-2-12-6)4-8(10,11)7(13)14/h1-3H,4H2,(H,13,14). The lowest BCUT2D eigenvalue weighted by atomic mass is 10.1. The Bertz CT molecular complexity index is 354. The molecule has 1 heterocycles. The van der Waals surface area contributed by atoms with Gasteiger partial charge in [-0.05, 0) is 17.7 Å². The summed E-state index contributed by atoms with van der Waals surface area (Å²) in [5.41, 5.74) is -0.107. The fourth-order valence-corrected chi connectivity index (χ4v) is 0.885. The number of aliphatic carboxylic acids is 1. The highest BCUT2D eigenvalue weighted by atomic mass is 19.3. The fourth-order valence-electron chi connectivity index (χ4n) is 0.885. The van der Waals surface area contributed by atoms with E-state index in [1.165, 1.54) is 0 Å². The van der Waals surface area contributed by atoms with E-state index in [4.69, 9.17) is 5.11 Å². The van der Waals surface area contributed by atoms with Crippen LogP contribution < -0.4 is 0 Å². The van der Waals surface area contributed by atoms with Gasteiger partial charge in [0.05, 0.1) is 0 Å². The third-order valence-electron chi connectivity index (χ3n) is 1.53. The van der Waals surface area contributed by atoms with Crippen molar-refractivity contribution in [3.8, 4) is 0 Å². The van der Waals surface area contributed by atoms with Crippen LogP contribution in [0.4, 0.5) is 13.2 Å². The van der Waals surface area contributed by atoms with Crippen molar-refractivity contribution in [2.24, 2.45) is 0 Å². The molecular weight excluding hydrogens is 199 g/mol. The van der Waals surface area contributed by atoms with Gasteiger partial charge in [0.25, 0.3) is 0 Å². The zero-order valence-electron chi connectivity index (χ0n) is 6.88. The molecule has 0 saturated heterocycles. The number of hydrogen-bond donors (Lipinski definition) is 1. The minimum absolute atomic E-state index is 0.107. The summed E-state index contributed by atoms with van der Waals surface area (Å²) in [4.78, 5) is 13.2. The van der Waals surface area contributed by atoms with Gasteiger partial charge < -0.3 is 5.11 Å². The van der Waals surface area contributed by atoms with E-state index in [-0.39, 0.29) is 5.56 Å². The normalized spacial score (nSPS) is 11.4. The van der Waals surface area contributed by atoms with Crippen LogP contribution in [0.25, 0.3) is 0 Å². The van der Waals surface area contributed by atoms with E-state index < -0.39 is 24.3 Å². The Morgan fingerprint density at radius 2 is 2.21 bits per heavy atom. The number of rotatable bonds is 3. The van der Waals surface area contributed by atoms with Gasteiger partial charge in [0.15, 0.2) is 0 Å². The molecule has 14 heavy (non-hydrogen) atoms. The molecule has 76 valence electrons. The third kappa shape index (κ3) is 2.45. The van der Waals surface area contributed by atoms with Crippen molar-refractivity contribution in [3.63, 3.8) is 0 Å². The van der Waals surface area contributed by atoms with Gasteiger partial charge in [0.1, 0.15) is 0 Å². The second-order valence-electron chi connectivity index (χ2n) is 2.67. The Morgan fingerprint density at radius 3 is 2.71 bits per heavy atom. The largest absolute Gasteiger partial charge is 0.477 e. The molecule has 0 spiro atoms. The summed E-state index contributed by atoms with van der Waals surface area (Å²) >= 11 is 0. The Morgan fingerprint density at radius 1 is 1.57 bits per heavy atom. The minimum atomic E-state index is -3.88. The Labute approximate surface area is 77.2 Å². The van der Waals surface area contributed by atoms with Gasteiger partial charge in [-0.1, -0.05) is 0 Å². The predicted octanol–water partition coefficient (Wildman–Crippen LogP) is 1.48. The molecular formula is C8H6F3NO2. The summed E-state index contributed by atoms with van der Waals surface area (Å²) < 4.78 is 37.7. The van der Waals surface area contributed by atoms with Crippen LogP contribution in [0.3, 0.4) is 0 Å². The van der Waals surface area contributed by atoms with Crippen LogP contribution in [0.1, 0.15) is 5.56 Å². The van der Waals surface area contributed by atoms with E-state index in [1.807, 2.05) is 0 Å². The summed E-state index contributed by atoms with van der Waals surface area (Å²) in [5.74, 6) is -7.02. The molecule has 0 aromatic carbocycles. The molecule has 1 rings (SSSR count). The molecule has 0 radical (unpaired) electrons. The van der Waals surface area contributed by atoms with Crippen molar-refractivity contribution in [1.82, 2.24) is 4.98 Å². The molecule has 0 fully saturated rings. The van der Waals surface area contributed by atoms with Crippen LogP contribution >= 0.6 is 0 Å². The molecule has 1 N–H and O–H groups in total. The summed E-state index contributed by atoms with van der Waals surface area (Å²) in [6.45, 7) is 0. The van der Waals surface area contributed by atoms with E-state index in [0.29, 0.717) is 0 Å². The average Bonchev–Trinajstić information content (AvgIpc) is 2.02. The Hall–Kier alpha value is -1.59. The topological polar surface area (TPSA) is 50.2 Å². The number of pyridine rings is 1. The first kappa shape index (κ1) is 10.5. The molecule has 0 saturated carbocycles. The molecule has 0 aliphatic rings. The second-order valence-corrected chi connectivity index (χ2v) is 2.67. The quantitative estimate of drug-likeness (QED) is 0.760. The lowest BCUT2D eigenvalue weighted by molar-refractivity contribution is -0.164. The fraction of sp³-hybridized carbons (Fsp3) is 0.250. The van der Waals surface area contributed by atoms with Gasteiger partial charge >= 0.3 is 11.9 Å². The van der Waals surface area contributed by atoms with Crippen molar-refractivity contribution in [3.05, 3.63) is 29.8 Å². The number of alkyl halides is 2. The minimum Gasteiger partial charge on any atom is -0.477 e. The maximum absolute atomic E-state index is 12.6. The number of halogens is 3. The monoisotopic (exact) mass is 205 g/mol. The number of aromatic nitrogens is 1.